The number of carbonyl (C=O) groups excluding carboxylic acids is 2. The van der Waals surface area contributed by atoms with Crippen molar-refractivity contribution >= 4 is 12.1 Å². The molecule has 2 saturated carbocycles. The molecule has 3 amide bonds. The summed E-state index contributed by atoms with van der Waals surface area (Å²) in [5.41, 5.74) is 0.00933. The summed E-state index contributed by atoms with van der Waals surface area (Å²) < 4.78 is 5.43. The van der Waals surface area contributed by atoms with Crippen molar-refractivity contribution in [3.63, 3.8) is 0 Å². The molecule has 2 N–H and O–H groups in total. The van der Waals surface area contributed by atoms with Gasteiger partial charge in [-0.1, -0.05) is 20.8 Å². The van der Waals surface area contributed by atoms with Crippen LogP contribution < -0.4 is 10.6 Å². The number of ether oxygens (including phenoxy) is 1. The van der Waals surface area contributed by atoms with E-state index in [1.807, 2.05) is 20.8 Å². The van der Waals surface area contributed by atoms with Gasteiger partial charge < -0.3 is 20.3 Å². The Kier molecular flexibility index (Phi) is 5.15. The number of carbonyl (C=O) groups is 2. The highest BCUT2D eigenvalue weighted by atomic mass is 16.6. The van der Waals surface area contributed by atoms with Crippen LogP contribution in [0.2, 0.25) is 0 Å². The second-order valence-corrected chi connectivity index (χ2v) is 10.5. The van der Waals surface area contributed by atoms with Crippen molar-refractivity contribution in [3.05, 3.63) is 0 Å². The standard InChI is InChI=1S/C21H37N3O3/c1-19(2,3)27-18(26)24-11-8-15(9-12-24)22-17(25)23-16-13-14-7-10-21(16,6)20(14,4)5/h14-16H,7-13H2,1-6H3,(H2,22,23,25)/t14-,16+,21-/m1/s1. The first-order valence-electron chi connectivity index (χ1n) is 10.5. The van der Waals surface area contributed by atoms with Gasteiger partial charge in [0.25, 0.3) is 0 Å². The minimum atomic E-state index is -0.476. The maximum atomic E-state index is 12.6. The van der Waals surface area contributed by atoms with Gasteiger partial charge in [0.15, 0.2) is 0 Å². The SMILES string of the molecule is CC(C)(C)OC(=O)N1CCC(NC(=O)N[C@H]2C[C@H]3CC[C@@]2(C)C3(C)C)CC1. The molecule has 6 nitrogen and oxygen atoms in total. The number of amides is 3. The van der Waals surface area contributed by atoms with Gasteiger partial charge >= 0.3 is 12.1 Å². The van der Waals surface area contributed by atoms with Crippen LogP contribution in [0.5, 0.6) is 0 Å². The third-order valence-electron chi connectivity index (χ3n) is 7.58. The van der Waals surface area contributed by atoms with E-state index in [4.69, 9.17) is 4.74 Å². The fraction of sp³-hybridized carbons (Fsp3) is 0.905. The molecule has 0 aromatic carbocycles. The van der Waals surface area contributed by atoms with Gasteiger partial charge in [0.05, 0.1) is 0 Å². The molecule has 3 rings (SSSR count). The molecule has 0 spiro atoms. The number of nitrogens with zero attached hydrogens (tertiary/aromatic N) is 1. The van der Waals surface area contributed by atoms with E-state index in [1.165, 1.54) is 12.8 Å². The van der Waals surface area contributed by atoms with Crippen molar-refractivity contribution in [3.8, 4) is 0 Å². The summed E-state index contributed by atoms with van der Waals surface area (Å²) >= 11 is 0. The van der Waals surface area contributed by atoms with Crippen LogP contribution in [0, 0.1) is 16.7 Å². The lowest BCUT2D eigenvalue weighted by molar-refractivity contribution is 0.0201. The maximum absolute atomic E-state index is 12.6. The second kappa shape index (κ2) is 6.85. The van der Waals surface area contributed by atoms with Crippen molar-refractivity contribution < 1.29 is 14.3 Å². The summed E-state index contributed by atoms with van der Waals surface area (Å²) in [6.45, 7) is 13.9. The fourth-order valence-electron chi connectivity index (χ4n) is 5.34. The van der Waals surface area contributed by atoms with Crippen LogP contribution >= 0.6 is 0 Å². The zero-order valence-electron chi connectivity index (χ0n) is 17.9. The zero-order chi connectivity index (χ0) is 20.0. The first-order chi connectivity index (χ1) is 12.4. The topological polar surface area (TPSA) is 70.7 Å². The number of hydrogen-bond donors (Lipinski definition) is 2. The fourth-order valence-corrected chi connectivity index (χ4v) is 5.34. The van der Waals surface area contributed by atoms with E-state index >= 15 is 0 Å². The van der Waals surface area contributed by atoms with Gasteiger partial charge in [-0.3, -0.25) is 0 Å². The monoisotopic (exact) mass is 379 g/mol. The summed E-state index contributed by atoms with van der Waals surface area (Å²) in [5, 5.41) is 6.39. The van der Waals surface area contributed by atoms with Crippen molar-refractivity contribution in [2.75, 3.05) is 13.1 Å². The first-order valence-corrected chi connectivity index (χ1v) is 10.5. The number of fused-ring (bicyclic) bond motifs is 2. The molecule has 3 atom stereocenters. The molecule has 0 unspecified atom stereocenters. The summed E-state index contributed by atoms with van der Waals surface area (Å²) in [6, 6.07) is 0.316. The number of piperidine rings is 1. The van der Waals surface area contributed by atoms with Crippen LogP contribution in [0.4, 0.5) is 9.59 Å². The van der Waals surface area contributed by atoms with Crippen LogP contribution in [0.25, 0.3) is 0 Å². The summed E-state index contributed by atoms with van der Waals surface area (Å²) in [6.07, 6.45) is 4.85. The Labute approximate surface area is 163 Å². The Balaban J connectivity index is 1.45. The Morgan fingerprint density at radius 3 is 2.15 bits per heavy atom. The van der Waals surface area contributed by atoms with Crippen LogP contribution in [-0.4, -0.2) is 47.8 Å². The first kappa shape index (κ1) is 20.3. The normalized spacial score (nSPS) is 33.0. The van der Waals surface area contributed by atoms with E-state index in [1.54, 1.807) is 4.90 Å². The highest BCUT2D eigenvalue weighted by Gasteiger charge is 2.61. The molecule has 6 heteroatoms. The van der Waals surface area contributed by atoms with Crippen molar-refractivity contribution in [2.24, 2.45) is 16.7 Å². The molecule has 3 fully saturated rings. The van der Waals surface area contributed by atoms with Crippen molar-refractivity contribution in [1.82, 2.24) is 15.5 Å². The number of rotatable bonds is 2. The summed E-state index contributed by atoms with van der Waals surface area (Å²) in [5.74, 6) is 0.713. The molecule has 2 aliphatic carbocycles. The largest absolute Gasteiger partial charge is 0.444 e. The molecule has 0 aromatic rings. The van der Waals surface area contributed by atoms with Gasteiger partial charge in [-0.25, -0.2) is 9.59 Å². The molecular weight excluding hydrogens is 342 g/mol. The quantitative estimate of drug-likeness (QED) is 0.764. The van der Waals surface area contributed by atoms with E-state index in [9.17, 15) is 9.59 Å². The number of urea groups is 1. The Hall–Kier alpha value is -1.46. The Morgan fingerprint density at radius 2 is 1.67 bits per heavy atom. The average Bonchev–Trinajstić information content (AvgIpc) is 2.87. The van der Waals surface area contributed by atoms with E-state index in [2.05, 4.69) is 31.4 Å². The molecule has 1 aliphatic heterocycles. The lowest BCUT2D eigenvalue weighted by Crippen LogP contribution is -2.54. The third kappa shape index (κ3) is 3.90. The molecular formula is C21H37N3O3. The predicted octanol–water partition coefficient (Wildman–Crippen LogP) is 3.90. The van der Waals surface area contributed by atoms with Gasteiger partial charge in [0, 0.05) is 25.2 Å². The molecule has 3 aliphatic rings. The lowest BCUT2D eigenvalue weighted by Gasteiger charge is -2.40. The molecule has 1 heterocycles. The number of likely N-dealkylation sites (tertiary alicyclic amines) is 1. The van der Waals surface area contributed by atoms with Crippen LogP contribution in [0.3, 0.4) is 0 Å². The Bertz CT molecular complexity index is 590. The zero-order valence-corrected chi connectivity index (χ0v) is 17.9. The smallest absolute Gasteiger partial charge is 0.410 e. The second-order valence-electron chi connectivity index (χ2n) is 10.5. The van der Waals surface area contributed by atoms with Gasteiger partial charge in [-0.05, 0) is 69.6 Å². The minimum absolute atomic E-state index is 0.0553. The van der Waals surface area contributed by atoms with Crippen molar-refractivity contribution in [1.29, 1.82) is 0 Å². The maximum Gasteiger partial charge on any atom is 0.410 e. The van der Waals surface area contributed by atoms with E-state index in [0.717, 1.165) is 19.3 Å². The number of hydrogen-bond acceptors (Lipinski definition) is 3. The van der Waals surface area contributed by atoms with Crippen molar-refractivity contribution in [2.45, 2.75) is 91.3 Å². The molecule has 0 radical (unpaired) electrons. The minimum Gasteiger partial charge on any atom is -0.444 e. The number of nitrogens with one attached hydrogen (secondary N) is 2. The van der Waals surface area contributed by atoms with Gasteiger partial charge in [-0.15, -0.1) is 0 Å². The van der Waals surface area contributed by atoms with E-state index < -0.39 is 5.60 Å². The van der Waals surface area contributed by atoms with E-state index in [-0.39, 0.29) is 29.6 Å². The van der Waals surface area contributed by atoms with Crippen LogP contribution in [0.15, 0.2) is 0 Å². The van der Waals surface area contributed by atoms with Crippen LogP contribution in [0.1, 0.15) is 73.6 Å². The molecule has 1 saturated heterocycles. The highest BCUT2D eigenvalue weighted by molar-refractivity contribution is 5.75. The lowest BCUT2D eigenvalue weighted by atomic mass is 9.69. The molecule has 0 aromatic heterocycles. The molecule has 154 valence electrons. The third-order valence-corrected chi connectivity index (χ3v) is 7.58. The average molecular weight is 380 g/mol. The summed E-state index contributed by atoms with van der Waals surface area (Å²) in [4.78, 5) is 26.5. The van der Waals surface area contributed by atoms with Gasteiger partial charge in [0.2, 0.25) is 0 Å². The van der Waals surface area contributed by atoms with Crippen LogP contribution in [-0.2, 0) is 4.74 Å². The van der Waals surface area contributed by atoms with E-state index in [0.29, 0.717) is 24.4 Å². The summed E-state index contributed by atoms with van der Waals surface area (Å²) in [7, 11) is 0. The molecule has 2 bridgehead atoms. The predicted molar refractivity (Wildman–Crippen MR) is 106 cm³/mol. The molecule has 27 heavy (non-hydrogen) atoms. The highest BCUT2D eigenvalue weighted by Crippen LogP contribution is 2.65. The van der Waals surface area contributed by atoms with Gasteiger partial charge in [-0.2, -0.15) is 0 Å². The van der Waals surface area contributed by atoms with Gasteiger partial charge in [0.1, 0.15) is 5.60 Å². The Morgan fingerprint density at radius 1 is 1.04 bits per heavy atom.